The molecule has 0 fully saturated rings. The highest BCUT2D eigenvalue weighted by Crippen LogP contribution is 2.25. The molecule has 0 radical (unpaired) electrons. The van der Waals surface area contributed by atoms with E-state index in [0.29, 0.717) is 22.0 Å². The fourth-order valence-corrected chi connectivity index (χ4v) is 5.15. The molecule has 2 aromatic rings. The van der Waals surface area contributed by atoms with Crippen LogP contribution in [0.2, 0.25) is 10.0 Å². The average Bonchev–Trinajstić information content (AvgIpc) is 3.19. The lowest BCUT2D eigenvalue weighted by Gasteiger charge is -2.15. The predicted molar refractivity (Wildman–Crippen MR) is 128 cm³/mol. The van der Waals surface area contributed by atoms with E-state index in [-0.39, 0.29) is 18.0 Å². The summed E-state index contributed by atoms with van der Waals surface area (Å²) in [6.45, 7) is 1.65. The summed E-state index contributed by atoms with van der Waals surface area (Å²) in [4.78, 5) is 24.9. The molecule has 0 aliphatic rings. The minimum Gasteiger partial charge on any atom is -0.481 e. The molecule has 13 heteroatoms. The lowest BCUT2D eigenvalue weighted by Crippen LogP contribution is -2.44. The summed E-state index contributed by atoms with van der Waals surface area (Å²) in [6, 6.07) is 3.61. The van der Waals surface area contributed by atoms with Gasteiger partial charge in [-0.3, -0.25) is 9.59 Å². The van der Waals surface area contributed by atoms with Gasteiger partial charge in [0.25, 0.3) is 0 Å². The molecule has 188 valence electrons. The molecule has 0 saturated heterocycles. The van der Waals surface area contributed by atoms with E-state index < -0.39 is 40.8 Å². The zero-order valence-electron chi connectivity index (χ0n) is 18.9. The van der Waals surface area contributed by atoms with Crippen LogP contribution in [-0.2, 0) is 32.6 Å². The summed E-state index contributed by atoms with van der Waals surface area (Å²) < 4.78 is 27.0. The monoisotopic (exact) mass is 533 g/mol. The van der Waals surface area contributed by atoms with Gasteiger partial charge in [0.2, 0.25) is 10.0 Å². The standard InChI is InChI=1S/C21H29Cl2N5O5S/c1-2-3-4-5-6-7-11-34(32,33)26-18(13-21(30)31)19(29)14-28-25-20(24-27-28)12-15-16(22)9-8-10-17(15)23/h8-10,18,26H,2-7,11-14H2,1H3,(H,30,31). The predicted octanol–water partition coefficient (Wildman–Crippen LogP) is 3.26. The number of Topliss-reactive ketones (excluding diaryl/α,β-unsaturated/α-hetero) is 1. The topological polar surface area (TPSA) is 144 Å². The van der Waals surface area contributed by atoms with Gasteiger partial charge in [0.1, 0.15) is 6.54 Å². The zero-order valence-corrected chi connectivity index (χ0v) is 21.2. The molecule has 1 aromatic heterocycles. The van der Waals surface area contributed by atoms with Crippen molar-refractivity contribution in [3.05, 3.63) is 39.6 Å². The minimum atomic E-state index is -3.83. The molecule has 0 aliphatic heterocycles. The highest BCUT2D eigenvalue weighted by Gasteiger charge is 2.27. The molecule has 1 atom stereocenters. The molecule has 2 rings (SSSR count). The number of carbonyl (C=O) groups is 2. The van der Waals surface area contributed by atoms with Crippen LogP contribution in [0, 0.1) is 0 Å². The molecular weight excluding hydrogens is 505 g/mol. The van der Waals surface area contributed by atoms with Crippen molar-refractivity contribution in [2.75, 3.05) is 5.75 Å². The summed E-state index contributed by atoms with van der Waals surface area (Å²) in [7, 11) is -3.83. The van der Waals surface area contributed by atoms with Gasteiger partial charge in [-0.15, -0.1) is 10.2 Å². The third-order valence-corrected chi connectivity index (χ3v) is 7.22. The van der Waals surface area contributed by atoms with Crippen molar-refractivity contribution in [3.63, 3.8) is 0 Å². The molecule has 0 bridgehead atoms. The Morgan fingerprint density at radius 2 is 1.76 bits per heavy atom. The highest BCUT2D eigenvalue weighted by molar-refractivity contribution is 7.89. The Labute approximate surface area is 209 Å². The maximum absolute atomic E-state index is 12.7. The number of carboxylic acids is 1. The van der Waals surface area contributed by atoms with Crippen LogP contribution in [0.25, 0.3) is 0 Å². The maximum atomic E-state index is 12.7. The number of nitrogens with one attached hydrogen (secondary N) is 1. The van der Waals surface area contributed by atoms with Gasteiger partial charge in [0, 0.05) is 16.5 Å². The van der Waals surface area contributed by atoms with Crippen molar-refractivity contribution in [1.29, 1.82) is 0 Å². The van der Waals surface area contributed by atoms with Gasteiger partial charge in [-0.05, 0) is 29.3 Å². The largest absolute Gasteiger partial charge is 0.481 e. The second-order valence-corrected chi connectivity index (χ2v) is 10.6. The third kappa shape index (κ3) is 9.65. The van der Waals surface area contributed by atoms with Crippen molar-refractivity contribution in [2.24, 2.45) is 0 Å². The molecule has 0 saturated carbocycles. The number of carbonyl (C=O) groups excluding carboxylic acids is 1. The number of hydrogen-bond acceptors (Lipinski definition) is 7. The number of benzene rings is 1. The number of aromatic nitrogens is 4. The van der Waals surface area contributed by atoms with Crippen LogP contribution < -0.4 is 4.72 Å². The average molecular weight is 534 g/mol. The van der Waals surface area contributed by atoms with Crippen molar-refractivity contribution in [2.45, 2.75) is 70.9 Å². The van der Waals surface area contributed by atoms with Crippen LogP contribution in [0.15, 0.2) is 18.2 Å². The van der Waals surface area contributed by atoms with Gasteiger partial charge in [-0.1, -0.05) is 68.3 Å². The molecular formula is C21H29Cl2N5O5S. The zero-order chi connectivity index (χ0) is 25.1. The first-order valence-corrected chi connectivity index (χ1v) is 13.5. The van der Waals surface area contributed by atoms with Crippen LogP contribution in [0.3, 0.4) is 0 Å². The van der Waals surface area contributed by atoms with Gasteiger partial charge in [0.05, 0.1) is 18.2 Å². The Morgan fingerprint density at radius 3 is 2.41 bits per heavy atom. The van der Waals surface area contributed by atoms with Crippen LogP contribution in [-0.4, -0.2) is 57.3 Å². The number of nitrogens with zero attached hydrogens (tertiary/aromatic N) is 4. The number of aliphatic carboxylic acids is 1. The summed E-state index contributed by atoms with van der Waals surface area (Å²) in [5.41, 5.74) is 0.600. The number of carboxylic acid groups (broad SMARTS) is 1. The van der Waals surface area contributed by atoms with E-state index in [1.807, 2.05) is 0 Å². The SMILES string of the molecule is CCCCCCCCS(=O)(=O)NC(CC(=O)O)C(=O)Cn1nnc(Cc2c(Cl)cccc2Cl)n1. The molecule has 0 spiro atoms. The van der Waals surface area contributed by atoms with Crippen LogP contribution in [0.5, 0.6) is 0 Å². The number of tetrazole rings is 1. The van der Waals surface area contributed by atoms with E-state index in [1.165, 1.54) is 0 Å². The first-order chi connectivity index (χ1) is 16.1. The second kappa shape index (κ2) is 13.7. The van der Waals surface area contributed by atoms with Gasteiger partial charge < -0.3 is 5.11 Å². The van der Waals surface area contributed by atoms with Gasteiger partial charge >= 0.3 is 5.97 Å². The molecule has 1 unspecified atom stereocenters. The van der Waals surface area contributed by atoms with Crippen LogP contribution >= 0.6 is 23.2 Å². The van der Waals surface area contributed by atoms with E-state index in [4.69, 9.17) is 28.3 Å². The highest BCUT2D eigenvalue weighted by atomic mass is 35.5. The molecule has 0 aliphatic carbocycles. The number of ketones is 1. The van der Waals surface area contributed by atoms with Gasteiger partial charge in [-0.2, -0.15) is 4.80 Å². The van der Waals surface area contributed by atoms with Gasteiger partial charge in [0.15, 0.2) is 11.6 Å². The fourth-order valence-electron chi connectivity index (χ4n) is 3.27. The Hall–Kier alpha value is -2.08. The lowest BCUT2D eigenvalue weighted by atomic mass is 10.1. The van der Waals surface area contributed by atoms with Crippen molar-refractivity contribution >= 4 is 45.0 Å². The Balaban J connectivity index is 1.98. The molecule has 1 aromatic carbocycles. The van der Waals surface area contributed by atoms with E-state index in [9.17, 15) is 18.0 Å². The fraction of sp³-hybridized carbons (Fsp3) is 0.571. The van der Waals surface area contributed by atoms with Crippen molar-refractivity contribution in [3.8, 4) is 0 Å². The minimum absolute atomic E-state index is 0.174. The molecule has 0 amide bonds. The number of unbranched alkanes of at least 4 members (excludes halogenated alkanes) is 5. The maximum Gasteiger partial charge on any atom is 0.305 e. The number of hydrogen-bond donors (Lipinski definition) is 2. The third-order valence-electron chi connectivity index (χ3n) is 5.04. The normalized spacial score (nSPS) is 12.6. The van der Waals surface area contributed by atoms with Crippen LogP contribution in [0.1, 0.15) is 63.3 Å². The van der Waals surface area contributed by atoms with Crippen molar-refractivity contribution < 1.29 is 23.1 Å². The van der Waals surface area contributed by atoms with E-state index in [2.05, 4.69) is 27.1 Å². The van der Waals surface area contributed by atoms with Crippen molar-refractivity contribution in [1.82, 2.24) is 24.9 Å². The van der Waals surface area contributed by atoms with E-state index >= 15 is 0 Å². The molecule has 34 heavy (non-hydrogen) atoms. The van der Waals surface area contributed by atoms with Gasteiger partial charge in [-0.25, -0.2) is 13.1 Å². The van der Waals surface area contributed by atoms with E-state index in [1.54, 1.807) is 18.2 Å². The Kier molecular flexibility index (Phi) is 11.4. The summed E-state index contributed by atoms with van der Waals surface area (Å²) in [6.07, 6.45) is 4.84. The van der Waals surface area contributed by atoms with E-state index in [0.717, 1.165) is 36.9 Å². The number of rotatable bonds is 16. The molecule has 10 nitrogen and oxygen atoms in total. The Bertz CT molecular complexity index is 1060. The second-order valence-electron chi connectivity index (χ2n) is 7.93. The van der Waals surface area contributed by atoms with Crippen LogP contribution in [0.4, 0.5) is 0 Å². The molecule has 1 heterocycles. The summed E-state index contributed by atoms with van der Waals surface area (Å²) in [5, 5.41) is 21.8. The first-order valence-electron chi connectivity index (χ1n) is 11.1. The number of sulfonamides is 1. The number of halogens is 2. The lowest BCUT2D eigenvalue weighted by molar-refractivity contribution is -0.139. The first kappa shape index (κ1) is 28.2. The summed E-state index contributed by atoms with van der Waals surface area (Å²) in [5.74, 6) is -1.91. The summed E-state index contributed by atoms with van der Waals surface area (Å²) >= 11 is 12.3. The smallest absolute Gasteiger partial charge is 0.305 e. The Morgan fingerprint density at radius 1 is 1.12 bits per heavy atom. The quantitative estimate of drug-likeness (QED) is 0.312. The molecule has 2 N–H and O–H groups in total.